The van der Waals surface area contributed by atoms with Crippen LogP contribution in [0.1, 0.15) is 79.2 Å². The van der Waals surface area contributed by atoms with Crippen LogP contribution in [-0.4, -0.2) is 61.8 Å². The van der Waals surface area contributed by atoms with Crippen LogP contribution in [0.5, 0.6) is 5.75 Å². The second kappa shape index (κ2) is 15.9. The molecule has 2 heterocycles. The summed E-state index contributed by atoms with van der Waals surface area (Å²) in [5.74, 6) is -0.0212. The van der Waals surface area contributed by atoms with E-state index in [0.29, 0.717) is 44.7 Å². The molecule has 0 aliphatic carbocycles. The fourth-order valence-corrected chi connectivity index (χ4v) is 6.40. The van der Waals surface area contributed by atoms with Crippen molar-refractivity contribution in [1.82, 2.24) is 10.2 Å². The number of benzene rings is 2. The van der Waals surface area contributed by atoms with Crippen molar-refractivity contribution in [1.29, 1.82) is 0 Å². The second-order valence-corrected chi connectivity index (χ2v) is 13.3. The molecule has 2 aromatic rings. The Kier molecular flexibility index (Phi) is 12.2. The molecule has 2 aromatic carbocycles. The van der Waals surface area contributed by atoms with Crippen molar-refractivity contribution in [3.63, 3.8) is 0 Å². The molecule has 0 spiro atoms. The van der Waals surface area contributed by atoms with Gasteiger partial charge < -0.3 is 20.3 Å². The molecule has 46 heavy (non-hydrogen) atoms. The first-order valence-corrected chi connectivity index (χ1v) is 17.3. The van der Waals surface area contributed by atoms with Gasteiger partial charge in [0.2, 0.25) is 0 Å². The number of nitrogens with zero attached hydrogens (tertiary/aromatic N) is 2. The number of anilines is 1. The van der Waals surface area contributed by atoms with Crippen LogP contribution in [0, 0.1) is 5.92 Å². The highest BCUT2D eigenvalue weighted by Gasteiger charge is 2.37. The van der Waals surface area contributed by atoms with Gasteiger partial charge in [-0.25, -0.2) is 4.99 Å². The number of hydrogen-bond acceptors (Lipinski definition) is 6. The number of allylic oxidation sites excluding steroid dienone is 3. The quantitative estimate of drug-likeness (QED) is 0.208. The summed E-state index contributed by atoms with van der Waals surface area (Å²) in [5.41, 5.74) is 1.29. The Hall–Kier alpha value is -3.49. The second-order valence-electron chi connectivity index (χ2n) is 12.3. The molecule has 2 aliphatic rings. The van der Waals surface area contributed by atoms with Crippen molar-refractivity contribution >= 4 is 37.5 Å². The van der Waals surface area contributed by atoms with Crippen LogP contribution in [0.4, 0.5) is 18.9 Å². The number of amides is 1. The van der Waals surface area contributed by atoms with Gasteiger partial charge in [-0.15, -0.1) is 0 Å². The number of ether oxygens (including phenoxy) is 1. The van der Waals surface area contributed by atoms with Gasteiger partial charge in [0.1, 0.15) is 22.9 Å². The first kappa shape index (κ1) is 35.4. The normalized spacial score (nSPS) is 20.5. The standard InChI is InChI=1S/C35H44F3N4O3P/c1-22(2)19-24-9-8-11-30(33(24)23(3)43)45-29-10-6-7-12-32(39-21-27(29)35(36,37)38)41-28-14-13-25(20-31(28)46-5)34(44)40-26-15-17-42(4)18-16-26/h8-9,11-14,20-22,26,41,46H,6-7,10,15-19H2,1-5H3,(H,40,44)/b29-27+,32-12+,39-21-. The predicted molar refractivity (Wildman–Crippen MR) is 181 cm³/mol. The third-order valence-corrected chi connectivity index (χ3v) is 9.03. The summed E-state index contributed by atoms with van der Waals surface area (Å²) in [5, 5.41) is 7.20. The smallest absolute Gasteiger partial charge is 0.421 e. The van der Waals surface area contributed by atoms with Gasteiger partial charge in [-0.1, -0.05) is 34.6 Å². The van der Waals surface area contributed by atoms with Gasteiger partial charge in [0.05, 0.1) is 5.56 Å². The molecule has 0 saturated carbocycles. The summed E-state index contributed by atoms with van der Waals surface area (Å²) in [7, 11) is 2.40. The first-order chi connectivity index (χ1) is 21.8. The number of carbonyl (C=O) groups is 2. The van der Waals surface area contributed by atoms with E-state index in [0.717, 1.165) is 43.0 Å². The summed E-state index contributed by atoms with van der Waals surface area (Å²) < 4.78 is 49.3. The van der Waals surface area contributed by atoms with E-state index in [2.05, 4.69) is 27.6 Å². The highest BCUT2D eigenvalue weighted by molar-refractivity contribution is 7.46. The topological polar surface area (TPSA) is 83.0 Å². The van der Waals surface area contributed by atoms with E-state index in [4.69, 9.17) is 4.74 Å². The predicted octanol–water partition coefficient (Wildman–Crippen LogP) is 7.25. The minimum absolute atomic E-state index is 0.0130. The summed E-state index contributed by atoms with van der Waals surface area (Å²) in [4.78, 5) is 32.1. The van der Waals surface area contributed by atoms with Gasteiger partial charge in [0.15, 0.2) is 5.78 Å². The third-order valence-electron chi connectivity index (χ3n) is 8.08. The summed E-state index contributed by atoms with van der Waals surface area (Å²) in [6.45, 7) is 9.29. The minimum atomic E-state index is -4.74. The molecule has 4 rings (SSSR count). The highest BCUT2D eigenvalue weighted by Crippen LogP contribution is 2.34. The lowest BCUT2D eigenvalue weighted by atomic mass is 9.95. The maximum atomic E-state index is 14.5. The molecule has 1 unspecified atom stereocenters. The Morgan fingerprint density at radius 3 is 2.54 bits per heavy atom. The number of alkyl halides is 3. The lowest BCUT2D eigenvalue weighted by Crippen LogP contribution is -2.43. The molecule has 0 bridgehead atoms. The van der Waals surface area contributed by atoms with Crippen LogP contribution < -0.4 is 20.7 Å². The lowest BCUT2D eigenvalue weighted by Gasteiger charge is -2.29. The Morgan fingerprint density at radius 1 is 1.15 bits per heavy atom. The van der Waals surface area contributed by atoms with Gasteiger partial charge in [0.25, 0.3) is 5.91 Å². The largest absolute Gasteiger partial charge is 0.460 e. The average Bonchev–Trinajstić information content (AvgIpc) is 3.08. The number of rotatable bonds is 10. The Bertz CT molecular complexity index is 1510. The zero-order valence-corrected chi connectivity index (χ0v) is 28.2. The van der Waals surface area contributed by atoms with Crippen molar-refractivity contribution in [2.45, 2.75) is 71.5 Å². The zero-order valence-electron chi connectivity index (χ0n) is 27.2. The Balaban J connectivity index is 1.58. The molecule has 248 valence electrons. The zero-order chi connectivity index (χ0) is 33.4. The molecular formula is C35H44F3N4O3P. The van der Waals surface area contributed by atoms with Crippen LogP contribution in [0.2, 0.25) is 0 Å². The van der Waals surface area contributed by atoms with Gasteiger partial charge >= 0.3 is 6.18 Å². The molecule has 11 heteroatoms. The molecule has 1 fully saturated rings. The van der Waals surface area contributed by atoms with Gasteiger partial charge in [0, 0.05) is 29.9 Å². The van der Waals surface area contributed by atoms with Crippen LogP contribution in [0.15, 0.2) is 64.6 Å². The molecule has 0 radical (unpaired) electrons. The maximum absolute atomic E-state index is 14.5. The van der Waals surface area contributed by atoms with Crippen molar-refractivity contribution in [3.8, 4) is 5.75 Å². The molecule has 7 nitrogen and oxygen atoms in total. The number of aliphatic imine (C=N–C) groups is 1. The summed E-state index contributed by atoms with van der Waals surface area (Å²) in [6, 6.07) is 10.5. The number of carbonyl (C=O) groups excluding carboxylic acids is 2. The average molecular weight is 657 g/mol. The number of piperidine rings is 1. The molecule has 0 aromatic heterocycles. The summed E-state index contributed by atoms with van der Waals surface area (Å²) in [6.07, 6.45) is 1.07. The Labute approximate surface area is 271 Å². The van der Waals surface area contributed by atoms with E-state index in [-0.39, 0.29) is 47.4 Å². The van der Waals surface area contributed by atoms with Crippen molar-refractivity contribution in [3.05, 3.63) is 76.3 Å². The fraction of sp³-hybridized carbons (Fsp3) is 0.457. The molecular weight excluding hydrogens is 612 g/mol. The van der Waals surface area contributed by atoms with E-state index in [1.165, 1.54) is 6.92 Å². The van der Waals surface area contributed by atoms with Gasteiger partial charge in [-0.3, -0.25) is 9.59 Å². The van der Waals surface area contributed by atoms with E-state index in [1.54, 1.807) is 30.3 Å². The van der Waals surface area contributed by atoms with E-state index >= 15 is 0 Å². The van der Waals surface area contributed by atoms with Gasteiger partial charge in [-0.2, -0.15) is 13.2 Å². The number of likely N-dealkylation sites (tertiary alicyclic amines) is 1. The van der Waals surface area contributed by atoms with Crippen LogP contribution in [0.25, 0.3) is 0 Å². The van der Waals surface area contributed by atoms with E-state index in [9.17, 15) is 22.8 Å². The highest BCUT2D eigenvalue weighted by atomic mass is 31.1. The molecule has 1 amide bonds. The minimum Gasteiger partial charge on any atom is -0.460 e. The lowest BCUT2D eigenvalue weighted by molar-refractivity contribution is -0.0880. The molecule has 2 N–H and O–H groups in total. The number of ketones is 1. The number of Topliss-reactive ketones (excluding diaryl/α,β-unsaturated/α-hetero) is 1. The Morgan fingerprint density at radius 2 is 1.89 bits per heavy atom. The number of halogens is 3. The van der Waals surface area contributed by atoms with E-state index < -0.39 is 11.7 Å². The van der Waals surface area contributed by atoms with E-state index in [1.807, 2.05) is 32.6 Å². The number of hydrogen-bond donors (Lipinski definition) is 2. The molecule has 1 saturated heterocycles. The SMILES string of the molecule is CPc1cc(C(=O)NC2CCN(C)CC2)ccc1NC1=C/CCC/C(Oc2cccc(CC(C)C)c2C(C)=O)=C(C(F)(F)F)/C=N\1. The van der Waals surface area contributed by atoms with Crippen molar-refractivity contribution < 1.29 is 27.5 Å². The third kappa shape index (κ3) is 9.52. The van der Waals surface area contributed by atoms with Crippen molar-refractivity contribution in [2.75, 3.05) is 32.1 Å². The monoisotopic (exact) mass is 656 g/mol. The maximum Gasteiger partial charge on any atom is 0.421 e. The summed E-state index contributed by atoms with van der Waals surface area (Å²) >= 11 is 0. The first-order valence-electron chi connectivity index (χ1n) is 15.8. The fourth-order valence-electron chi connectivity index (χ4n) is 5.68. The molecule has 2 aliphatic heterocycles. The molecule has 1 atom stereocenters. The van der Waals surface area contributed by atoms with Crippen LogP contribution in [-0.2, 0) is 6.42 Å². The van der Waals surface area contributed by atoms with Crippen molar-refractivity contribution in [2.24, 2.45) is 10.9 Å². The van der Waals surface area contributed by atoms with Crippen LogP contribution >= 0.6 is 8.58 Å². The van der Waals surface area contributed by atoms with Crippen LogP contribution in [0.3, 0.4) is 0 Å². The number of nitrogens with one attached hydrogen (secondary N) is 2. The van der Waals surface area contributed by atoms with Gasteiger partial charge in [-0.05, 0) is 113 Å².